The fraction of sp³-hybridized carbons (Fsp3) is 0.615. The Morgan fingerprint density at radius 1 is 1.40 bits per heavy atom. The van der Waals surface area contributed by atoms with Gasteiger partial charge in [0.2, 0.25) is 5.95 Å². The van der Waals surface area contributed by atoms with Crippen LogP contribution in [-0.2, 0) is 4.74 Å². The van der Waals surface area contributed by atoms with Crippen molar-refractivity contribution in [3.63, 3.8) is 0 Å². The third kappa shape index (κ3) is 2.46. The molecule has 1 aliphatic heterocycles. The van der Waals surface area contributed by atoms with Crippen LogP contribution in [0, 0.1) is 6.92 Å². The Labute approximate surface area is 117 Å². The summed E-state index contributed by atoms with van der Waals surface area (Å²) in [5.41, 5.74) is 1.63. The number of hydrogen-bond acceptors (Lipinski definition) is 6. The number of aliphatic hydroxyl groups excluding tert-OH is 1. The van der Waals surface area contributed by atoms with Crippen molar-refractivity contribution < 1.29 is 9.84 Å². The normalized spacial score (nSPS) is 16.7. The molecule has 0 radical (unpaired) electrons. The quantitative estimate of drug-likeness (QED) is 0.863. The van der Waals surface area contributed by atoms with E-state index in [1.54, 1.807) is 6.20 Å². The Bertz CT molecular complexity index is 592. The second-order valence-electron chi connectivity index (χ2n) is 4.93. The minimum absolute atomic E-state index is 0.0711. The Balaban J connectivity index is 2.05. The molecule has 2 aromatic heterocycles. The summed E-state index contributed by atoms with van der Waals surface area (Å²) in [5.74, 6) is 1.49. The molecule has 7 heteroatoms. The van der Waals surface area contributed by atoms with Gasteiger partial charge in [0.1, 0.15) is 11.3 Å². The molecule has 2 aromatic rings. The van der Waals surface area contributed by atoms with Crippen molar-refractivity contribution in [3.05, 3.63) is 12.0 Å². The fourth-order valence-corrected chi connectivity index (χ4v) is 2.56. The van der Waals surface area contributed by atoms with E-state index in [4.69, 9.17) is 9.84 Å². The van der Waals surface area contributed by atoms with Crippen LogP contribution in [0.15, 0.2) is 6.20 Å². The molecule has 0 spiro atoms. The molecule has 1 saturated heterocycles. The average molecular weight is 277 g/mol. The molecule has 7 nitrogen and oxygen atoms in total. The Kier molecular flexibility index (Phi) is 3.79. The lowest BCUT2D eigenvalue weighted by atomic mass is 10.1. The van der Waals surface area contributed by atoms with Gasteiger partial charge in [-0.2, -0.15) is 0 Å². The molecule has 0 bridgehead atoms. The van der Waals surface area contributed by atoms with Gasteiger partial charge in [-0.25, -0.2) is 15.0 Å². The number of aromatic nitrogens is 4. The molecule has 0 aromatic carbocycles. The van der Waals surface area contributed by atoms with Gasteiger partial charge in [-0.3, -0.25) is 4.57 Å². The van der Waals surface area contributed by atoms with Crippen molar-refractivity contribution >= 4 is 17.1 Å². The third-order valence-corrected chi connectivity index (χ3v) is 3.50. The van der Waals surface area contributed by atoms with Gasteiger partial charge in [-0.15, -0.1) is 0 Å². The van der Waals surface area contributed by atoms with E-state index < -0.39 is 0 Å². The number of aliphatic hydroxyl groups is 1. The van der Waals surface area contributed by atoms with E-state index in [2.05, 4.69) is 24.8 Å². The maximum absolute atomic E-state index is 9.00. The van der Waals surface area contributed by atoms with Crippen molar-refractivity contribution in [2.24, 2.45) is 0 Å². The van der Waals surface area contributed by atoms with E-state index in [0.717, 1.165) is 49.0 Å². The summed E-state index contributed by atoms with van der Waals surface area (Å²) in [6.45, 7) is 3.93. The second-order valence-corrected chi connectivity index (χ2v) is 4.93. The molecular formula is C13H19N5O2. The van der Waals surface area contributed by atoms with E-state index in [1.165, 1.54) is 0 Å². The van der Waals surface area contributed by atoms with Crippen LogP contribution >= 0.6 is 0 Å². The molecule has 0 amide bonds. The summed E-state index contributed by atoms with van der Waals surface area (Å²) in [4.78, 5) is 13.3. The van der Waals surface area contributed by atoms with Crippen LogP contribution in [0.1, 0.15) is 24.7 Å². The number of imidazole rings is 1. The van der Waals surface area contributed by atoms with Crippen LogP contribution in [-0.4, -0.2) is 51.0 Å². The average Bonchev–Trinajstić information content (AvgIpc) is 2.83. The monoisotopic (exact) mass is 277 g/mol. The predicted molar refractivity (Wildman–Crippen MR) is 74.7 cm³/mol. The van der Waals surface area contributed by atoms with Crippen molar-refractivity contribution in [3.8, 4) is 0 Å². The smallest absolute Gasteiger partial charge is 0.205 e. The SMILES string of the molecule is Cc1ncc2nc(NCCO)n(C3CCOCC3)c2n1. The number of aryl methyl sites for hydroxylation is 1. The summed E-state index contributed by atoms with van der Waals surface area (Å²) in [6.07, 6.45) is 3.64. The second kappa shape index (κ2) is 5.72. The van der Waals surface area contributed by atoms with Crippen LogP contribution in [0.4, 0.5) is 5.95 Å². The molecular weight excluding hydrogens is 258 g/mol. The number of anilines is 1. The molecule has 1 aliphatic rings. The molecule has 108 valence electrons. The van der Waals surface area contributed by atoms with Crippen molar-refractivity contribution in [2.75, 3.05) is 31.7 Å². The highest BCUT2D eigenvalue weighted by Gasteiger charge is 2.22. The van der Waals surface area contributed by atoms with E-state index in [-0.39, 0.29) is 6.61 Å². The van der Waals surface area contributed by atoms with Crippen molar-refractivity contribution in [1.29, 1.82) is 0 Å². The Hall–Kier alpha value is -1.73. The van der Waals surface area contributed by atoms with Crippen LogP contribution in [0.5, 0.6) is 0 Å². The summed E-state index contributed by atoms with van der Waals surface area (Å²) >= 11 is 0. The van der Waals surface area contributed by atoms with E-state index in [0.29, 0.717) is 12.6 Å². The predicted octanol–water partition coefficient (Wildman–Crippen LogP) is 0.890. The maximum atomic E-state index is 9.00. The van der Waals surface area contributed by atoms with Gasteiger partial charge < -0.3 is 15.2 Å². The van der Waals surface area contributed by atoms with E-state index in [1.807, 2.05) is 6.92 Å². The van der Waals surface area contributed by atoms with Gasteiger partial charge in [0.15, 0.2) is 5.65 Å². The number of fused-ring (bicyclic) bond motifs is 1. The first-order valence-electron chi connectivity index (χ1n) is 6.93. The summed E-state index contributed by atoms with van der Waals surface area (Å²) < 4.78 is 7.55. The summed E-state index contributed by atoms with van der Waals surface area (Å²) in [5, 5.41) is 12.2. The highest BCUT2D eigenvalue weighted by molar-refractivity contribution is 5.74. The minimum atomic E-state index is 0.0711. The number of hydrogen-bond donors (Lipinski definition) is 2. The van der Waals surface area contributed by atoms with Gasteiger partial charge >= 0.3 is 0 Å². The summed E-state index contributed by atoms with van der Waals surface area (Å²) in [6, 6.07) is 0.323. The lowest BCUT2D eigenvalue weighted by Gasteiger charge is -2.25. The van der Waals surface area contributed by atoms with Crippen molar-refractivity contribution in [1.82, 2.24) is 19.5 Å². The molecule has 0 saturated carbocycles. The van der Waals surface area contributed by atoms with Crippen LogP contribution < -0.4 is 5.32 Å². The number of ether oxygens (including phenoxy) is 1. The third-order valence-electron chi connectivity index (χ3n) is 3.50. The molecule has 0 unspecified atom stereocenters. The molecule has 2 N–H and O–H groups in total. The standard InChI is InChI=1S/C13H19N5O2/c1-9-15-8-11-12(16-9)18(10-2-6-20-7-3-10)13(17-11)14-4-5-19/h8,10,19H,2-7H2,1H3,(H,14,17). The highest BCUT2D eigenvalue weighted by Crippen LogP contribution is 2.29. The first-order chi connectivity index (χ1) is 9.79. The molecule has 3 heterocycles. The molecule has 0 atom stereocenters. The summed E-state index contributed by atoms with van der Waals surface area (Å²) in [7, 11) is 0. The molecule has 3 rings (SSSR count). The lowest BCUT2D eigenvalue weighted by Crippen LogP contribution is -2.22. The van der Waals surface area contributed by atoms with E-state index in [9.17, 15) is 0 Å². The Morgan fingerprint density at radius 3 is 2.95 bits per heavy atom. The first kappa shape index (κ1) is 13.3. The Morgan fingerprint density at radius 2 is 2.20 bits per heavy atom. The largest absolute Gasteiger partial charge is 0.395 e. The molecule has 0 aliphatic carbocycles. The van der Waals surface area contributed by atoms with Gasteiger partial charge in [-0.05, 0) is 19.8 Å². The van der Waals surface area contributed by atoms with Gasteiger partial charge in [-0.1, -0.05) is 0 Å². The highest BCUT2D eigenvalue weighted by atomic mass is 16.5. The molecule has 20 heavy (non-hydrogen) atoms. The minimum Gasteiger partial charge on any atom is -0.395 e. The van der Waals surface area contributed by atoms with Gasteiger partial charge in [0.25, 0.3) is 0 Å². The maximum Gasteiger partial charge on any atom is 0.205 e. The lowest BCUT2D eigenvalue weighted by molar-refractivity contribution is 0.0709. The zero-order valence-electron chi connectivity index (χ0n) is 11.5. The zero-order chi connectivity index (χ0) is 13.9. The number of nitrogens with one attached hydrogen (secondary N) is 1. The molecule has 1 fully saturated rings. The van der Waals surface area contributed by atoms with Crippen LogP contribution in [0.3, 0.4) is 0 Å². The number of rotatable bonds is 4. The first-order valence-corrected chi connectivity index (χ1v) is 6.93. The van der Waals surface area contributed by atoms with Gasteiger partial charge in [0, 0.05) is 25.8 Å². The van der Waals surface area contributed by atoms with Gasteiger partial charge in [0.05, 0.1) is 12.8 Å². The zero-order valence-corrected chi connectivity index (χ0v) is 11.5. The van der Waals surface area contributed by atoms with Crippen LogP contribution in [0.25, 0.3) is 11.2 Å². The van der Waals surface area contributed by atoms with Crippen molar-refractivity contribution in [2.45, 2.75) is 25.8 Å². The number of nitrogens with zero attached hydrogens (tertiary/aromatic N) is 4. The topological polar surface area (TPSA) is 85.1 Å². The van der Waals surface area contributed by atoms with Crippen LogP contribution in [0.2, 0.25) is 0 Å². The fourth-order valence-electron chi connectivity index (χ4n) is 2.56. The van der Waals surface area contributed by atoms with E-state index >= 15 is 0 Å².